The first-order valence-electron chi connectivity index (χ1n) is 8.36. The second-order valence-electron chi connectivity index (χ2n) is 6.21. The number of hydrazone groups is 1. The minimum absolute atomic E-state index is 0.185. The van der Waals surface area contributed by atoms with Crippen molar-refractivity contribution in [1.29, 1.82) is 0 Å². The fourth-order valence-corrected chi connectivity index (χ4v) is 3.36. The van der Waals surface area contributed by atoms with Gasteiger partial charge in [-0.2, -0.15) is 5.10 Å². The smallest absolute Gasteiger partial charge is 0.272 e. The van der Waals surface area contributed by atoms with Gasteiger partial charge in [0.2, 0.25) is 0 Å². The monoisotopic (exact) mass is 364 g/mol. The third-order valence-electron chi connectivity index (χ3n) is 3.91. The lowest BCUT2D eigenvalue weighted by molar-refractivity contribution is 0.0955. The summed E-state index contributed by atoms with van der Waals surface area (Å²) in [7, 11) is 0. The molecule has 0 atom stereocenters. The Balaban J connectivity index is 1.88. The molecule has 132 valence electrons. The molecule has 0 aliphatic carbocycles. The number of phenolic OH excluding ortho intramolecular Hbond substituents is 1. The minimum atomic E-state index is -0.236. The molecular formula is C21H20N2O2S. The summed E-state index contributed by atoms with van der Waals surface area (Å²) in [6.45, 7) is 4.20. The molecule has 3 rings (SSSR count). The highest BCUT2D eigenvalue weighted by Gasteiger charge is 2.12. The van der Waals surface area contributed by atoms with Gasteiger partial charge in [-0.25, -0.2) is 5.43 Å². The summed E-state index contributed by atoms with van der Waals surface area (Å²) in [5.41, 5.74) is 5.59. The molecule has 0 radical (unpaired) electrons. The Morgan fingerprint density at radius 1 is 1.00 bits per heavy atom. The van der Waals surface area contributed by atoms with E-state index in [9.17, 15) is 9.90 Å². The molecule has 0 aliphatic rings. The van der Waals surface area contributed by atoms with Crippen molar-refractivity contribution < 1.29 is 9.90 Å². The van der Waals surface area contributed by atoms with Crippen molar-refractivity contribution in [3.05, 3.63) is 87.6 Å². The Bertz CT molecular complexity index is 913. The van der Waals surface area contributed by atoms with Gasteiger partial charge in [0.05, 0.1) is 11.3 Å². The molecule has 2 aromatic carbocycles. The lowest BCUT2D eigenvalue weighted by Crippen LogP contribution is -2.20. The highest BCUT2D eigenvalue weighted by atomic mass is 32.1. The van der Waals surface area contributed by atoms with Crippen LogP contribution in [0.3, 0.4) is 0 Å². The normalized spacial score (nSPS) is 11.6. The number of carbonyl (C=O) groups excluding carboxylic acids is 1. The summed E-state index contributed by atoms with van der Waals surface area (Å²) >= 11 is 1.58. The van der Waals surface area contributed by atoms with Crippen LogP contribution in [0.15, 0.2) is 71.1 Å². The number of rotatable bonds is 5. The number of nitrogens with one attached hydrogen (secondary N) is 1. The molecule has 0 saturated heterocycles. The zero-order chi connectivity index (χ0) is 18.5. The van der Waals surface area contributed by atoms with Gasteiger partial charge >= 0.3 is 0 Å². The van der Waals surface area contributed by atoms with Gasteiger partial charge in [-0.05, 0) is 36.2 Å². The molecule has 0 fully saturated rings. The van der Waals surface area contributed by atoms with Crippen LogP contribution in [0.2, 0.25) is 0 Å². The zero-order valence-corrected chi connectivity index (χ0v) is 15.5. The van der Waals surface area contributed by atoms with Gasteiger partial charge < -0.3 is 5.11 Å². The number of hydrogen-bond donors (Lipinski definition) is 2. The highest BCUT2D eigenvalue weighted by molar-refractivity contribution is 7.10. The summed E-state index contributed by atoms with van der Waals surface area (Å²) < 4.78 is 0. The largest absolute Gasteiger partial charge is 0.508 e. The van der Waals surface area contributed by atoms with Crippen molar-refractivity contribution >= 4 is 23.0 Å². The van der Waals surface area contributed by atoms with Gasteiger partial charge in [0, 0.05) is 21.4 Å². The molecule has 0 bridgehead atoms. The fourth-order valence-electron chi connectivity index (χ4n) is 2.46. The van der Waals surface area contributed by atoms with E-state index in [4.69, 9.17) is 0 Å². The first-order chi connectivity index (χ1) is 12.5. The summed E-state index contributed by atoms with van der Waals surface area (Å²) in [6, 6.07) is 18.3. The van der Waals surface area contributed by atoms with E-state index in [2.05, 4.69) is 24.4 Å². The van der Waals surface area contributed by atoms with Crippen molar-refractivity contribution in [3.8, 4) is 5.75 Å². The van der Waals surface area contributed by atoms with Crippen molar-refractivity contribution in [2.24, 2.45) is 5.10 Å². The van der Waals surface area contributed by atoms with E-state index in [1.165, 1.54) is 4.88 Å². The Kier molecular flexibility index (Phi) is 5.49. The van der Waals surface area contributed by atoms with Gasteiger partial charge in [-0.1, -0.05) is 44.2 Å². The Hall–Kier alpha value is -2.92. The van der Waals surface area contributed by atoms with E-state index in [0.717, 1.165) is 11.1 Å². The molecular weight excluding hydrogens is 344 g/mol. The van der Waals surface area contributed by atoms with E-state index in [0.29, 0.717) is 17.2 Å². The molecule has 0 aliphatic heterocycles. The molecule has 0 unspecified atom stereocenters. The second kappa shape index (κ2) is 7.97. The van der Waals surface area contributed by atoms with Gasteiger partial charge in [-0.15, -0.1) is 11.3 Å². The van der Waals surface area contributed by atoms with E-state index in [1.54, 1.807) is 35.6 Å². The third kappa shape index (κ3) is 4.18. The van der Waals surface area contributed by atoms with E-state index >= 15 is 0 Å². The van der Waals surface area contributed by atoms with Crippen LogP contribution in [-0.4, -0.2) is 16.7 Å². The maximum Gasteiger partial charge on any atom is 0.272 e. The highest BCUT2D eigenvalue weighted by Crippen LogP contribution is 2.23. The first kappa shape index (κ1) is 17.9. The average Bonchev–Trinajstić information content (AvgIpc) is 3.15. The Morgan fingerprint density at radius 2 is 1.65 bits per heavy atom. The third-order valence-corrected chi connectivity index (χ3v) is 5.14. The number of thiophene rings is 1. The predicted molar refractivity (Wildman–Crippen MR) is 106 cm³/mol. The number of aromatic hydroxyl groups is 1. The van der Waals surface area contributed by atoms with Crippen molar-refractivity contribution in [3.63, 3.8) is 0 Å². The number of nitrogens with zero attached hydrogens (tertiary/aromatic N) is 1. The summed E-state index contributed by atoms with van der Waals surface area (Å²) in [6.07, 6.45) is 0. The Morgan fingerprint density at radius 3 is 2.27 bits per heavy atom. The molecule has 0 saturated carbocycles. The lowest BCUT2D eigenvalue weighted by atomic mass is 10.0. The standard InChI is InChI=1S/C21H20N2O2S/c1-14(2)19-12-17(13-26-19)21(25)23-22-20(15-6-4-3-5-7-15)16-8-10-18(24)11-9-16/h3-14,24H,1-2H3,(H,23,25)/b22-20-. The van der Waals surface area contributed by atoms with Crippen molar-refractivity contribution in [2.45, 2.75) is 19.8 Å². The molecule has 1 aromatic heterocycles. The zero-order valence-electron chi connectivity index (χ0n) is 14.6. The number of carbonyl (C=O) groups is 1. The van der Waals surface area contributed by atoms with Crippen LogP contribution in [0.5, 0.6) is 5.75 Å². The maximum absolute atomic E-state index is 12.5. The predicted octanol–water partition coefficient (Wildman–Crippen LogP) is 4.76. The summed E-state index contributed by atoms with van der Waals surface area (Å²) in [4.78, 5) is 13.6. The van der Waals surface area contributed by atoms with Gasteiger partial charge in [0.15, 0.2) is 0 Å². The van der Waals surface area contributed by atoms with Crippen LogP contribution in [0.25, 0.3) is 0 Å². The van der Waals surface area contributed by atoms with Gasteiger partial charge in [-0.3, -0.25) is 4.79 Å². The van der Waals surface area contributed by atoms with Crippen LogP contribution >= 0.6 is 11.3 Å². The van der Waals surface area contributed by atoms with Crippen LogP contribution in [-0.2, 0) is 0 Å². The molecule has 5 heteroatoms. The van der Waals surface area contributed by atoms with Crippen molar-refractivity contribution in [2.75, 3.05) is 0 Å². The molecule has 2 N–H and O–H groups in total. The number of benzene rings is 2. The Labute approximate surface area is 156 Å². The van der Waals surface area contributed by atoms with Crippen LogP contribution in [0.4, 0.5) is 0 Å². The summed E-state index contributed by atoms with van der Waals surface area (Å²) in [5.74, 6) is 0.340. The van der Waals surface area contributed by atoms with Gasteiger partial charge in [0.1, 0.15) is 5.75 Å². The SMILES string of the molecule is CC(C)c1cc(C(=O)N/N=C(/c2ccccc2)c2ccc(O)cc2)cs1. The molecule has 4 nitrogen and oxygen atoms in total. The number of phenols is 1. The van der Waals surface area contributed by atoms with Crippen LogP contribution < -0.4 is 5.43 Å². The van der Waals surface area contributed by atoms with E-state index in [1.807, 2.05) is 41.8 Å². The van der Waals surface area contributed by atoms with Crippen molar-refractivity contribution in [1.82, 2.24) is 5.43 Å². The molecule has 3 aromatic rings. The molecule has 26 heavy (non-hydrogen) atoms. The number of hydrogen-bond acceptors (Lipinski definition) is 4. The quantitative estimate of drug-likeness (QED) is 0.506. The second-order valence-corrected chi connectivity index (χ2v) is 7.15. The van der Waals surface area contributed by atoms with Crippen LogP contribution in [0, 0.1) is 0 Å². The van der Waals surface area contributed by atoms with E-state index in [-0.39, 0.29) is 11.7 Å². The lowest BCUT2D eigenvalue weighted by Gasteiger charge is -2.08. The summed E-state index contributed by atoms with van der Waals surface area (Å²) in [5, 5.41) is 15.7. The molecule has 1 amide bonds. The minimum Gasteiger partial charge on any atom is -0.508 e. The maximum atomic E-state index is 12.5. The molecule has 1 heterocycles. The first-order valence-corrected chi connectivity index (χ1v) is 9.24. The number of amides is 1. The topological polar surface area (TPSA) is 61.7 Å². The average molecular weight is 364 g/mol. The molecule has 0 spiro atoms. The fraction of sp³-hybridized carbons (Fsp3) is 0.143. The van der Waals surface area contributed by atoms with Crippen LogP contribution in [0.1, 0.15) is 46.1 Å². The van der Waals surface area contributed by atoms with Gasteiger partial charge in [0.25, 0.3) is 5.91 Å². The van der Waals surface area contributed by atoms with E-state index < -0.39 is 0 Å².